The van der Waals surface area contributed by atoms with Gasteiger partial charge >= 0.3 is 5.97 Å². The van der Waals surface area contributed by atoms with Crippen LogP contribution < -0.4 is 4.74 Å². The van der Waals surface area contributed by atoms with E-state index in [0.717, 1.165) is 18.5 Å². The molecule has 3 rings (SSSR count). The predicted octanol–water partition coefficient (Wildman–Crippen LogP) is 0.978. The Kier molecular flexibility index (Phi) is 2.32. The first-order chi connectivity index (χ1) is 8.33. The van der Waals surface area contributed by atoms with Crippen LogP contribution in [0.1, 0.15) is 12.8 Å². The number of carbonyl (C=O) groups is 1. The van der Waals surface area contributed by atoms with Crippen molar-refractivity contribution in [2.75, 3.05) is 0 Å². The molecule has 1 aromatic carbocycles. The molecule has 1 aromatic heterocycles. The van der Waals surface area contributed by atoms with Gasteiger partial charge in [0, 0.05) is 6.07 Å². The molecule has 1 fully saturated rings. The SMILES string of the molecule is O=C(Oc1cccc(-n2cnnn2)c1)C1CC1. The highest BCUT2D eigenvalue weighted by Crippen LogP contribution is 2.31. The molecular formula is C11H10N4O2. The average Bonchev–Trinajstić information content (AvgIpc) is 3.05. The fourth-order valence-corrected chi connectivity index (χ4v) is 1.49. The third-order valence-electron chi connectivity index (χ3n) is 2.56. The van der Waals surface area contributed by atoms with Gasteiger partial charge < -0.3 is 4.74 Å². The number of hydrogen-bond donors (Lipinski definition) is 0. The van der Waals surface area contributed by atoms with E-state index in [4.69, 9.17) is 4.74 Å². The molecule has 2 aromatic rings. The highest BCUT2D eigenvalue weighted by molar-refractivity contribution is 5.77. The quantitative estimate of drug-likeness (QED) is 0.580. The normalized spacial score (nSPS) is 14.6. The maximum absolute atomic E-state index is 11.5. The zero-order chi connectivity index (χ0) is 11.7. The molecular weight excluding hydrogens is 220 g/mol. The number of hydrogen-bond acceptors (Lipinski definition) is 5. The van der Waals surface area contributed by atoms with Crippen LogP contribution in [-0.4, -0.2) is 26.2 Å². The molecule has 1 aliphatic carbocycles. The molecule has 1 saturated carbocycles. The van der Waals surface area contributed by atoms with Gasteiger partial charge in [0.15, 0.2) is 0 Å². The van der Waals surface area contributed by atoms with Gasteiger partial charge in [-0.1, -0.05) is 6.07 Å². The third kappa shape index (κ3) is 2.15. The maximum atomic E-state index is 11.5. The van der Waals surface area contributed by atoms with Crippen molar-refractivity contribution in [3.8, 4) is 11.4 Å². The van der Waals surface area contributed by atoms with Crippen molar-refractivity contribution in [1.82, 2.24) is 20.2 Å². The molecule has 0 amide bonds. The van der Waals surface area contributed by atoms with Gasteiger partial charge in [0.05, 0.1) is 11.6 Å². The summed E-state index contributed by atoms with van der Waals surface area (Å²) in [6.07, 6.45) is 3.36. The summed E-state index contributed by atoms with van der Waals surface area (Å²) in [7, 11) is 0. The van der Waals surface area contributed by atoms with Crippen molar-refractivity contribution in [3.63, 3.8) is 0 Å². The van der Waals surface area contributed by atoms with E-state index in [1.165, 1.54) is 11.0 Å². The Bertz CT molecular complexity index is 534. The number of aromatic nitrogens is 4. The van der Waals surface area contributed by atoms with E-state index in [0.29, 0.717) is 5.75 Å². The van der Waals surface area contributed by atoms with E-state index >= 15 is 0 Å². The number of carbonyl (C=O) groups excluding carboxylic acids is 1. The Hall–Kier alpha value is -2.24. The van der Waals surface area contributed by atoms with Crippen molar-refractivity contribution in [3.05, 3.63) is 30.6 Å². The number of rotatable bonds is 3. The lowest BCUT2D eigenvalue weighted by Gasteiger charge is -2.05. The van der Waals surface area contributed by atoms with Crippen molar-refractivity contribution >= 4 is 5.97 Å². The standard InChI is InChI=1S/C11H10N4O2/c16-11(8-4-5-8)17-10-3-1-2-9(6-10)15-7-12-13-14-15/h1-3,6-8H,4-5H2. The molecule has 1 heterocycles. The molecule has 0 radical (unpaired) electrons. The second-order valence-electron chi connectivity index (χ2n) is 3.95. The largest absolute Gasteiger partial charge is 0.426 e. The van der Waals surface area contributed by atoms with E-state index in [1.807, 2.05) is 6.07 Å². The first-order valence-corrected chi connectivity index (χ1v) is 5.38. The molecule has 17 heavy (non-hydrogen) atoms. The van der Waals surface area contributed by atoms with E-state index in [9.17, 15) is 4.79 Å². The lowest BCUT2D eigenvalue weighted by atomic mass is 10.3. The topological polar surface area (TPSA) is 69.9 Å². The smallest absolute Gasteiger partial charge is 0.314 e. The summed E-state index contributed by atoms with van der Waals surface area (Å²) in [5.41, 5.74) is 0.760. The number of benzene rings is 1. The van der Waals surface area contributed by atoms with Gasteiger partial charge in [-0.25, -0.2) is 4.68 Å². The van der Waals surface area contributed by atoms with Gasteiger partial charge in [0.1, 0.15) is 12.1 Å². The van der Waals surface area contributed by atoms with Crippen molar-refractivity contribution in [2.45, 2.75) is 12.8 Å². The number of esters is 1. The van der Waals surface area contributed by atoms with Crippen LogP contribution in [0.5, 0.6) is 5.75 Å². The maximum Gasteiger partial charge on any atom is 0.314 e. The lowest BCUT2D eigenvalue weighted by Crippen LogP contribution is -2.10. The highest BCUT2D eigenvalue weighted by Gasteiger charge is 2.31. The van der Waals surface area contributed by atoms with E-state index < -0.39 is 0 Å². The van der Waals surface area contributed by atoms with Crippen LogP contribution in [0.4, 0.5) is 0 Å². The monoisotopic (exact) mass is 230 g/mol. The van der Waals surface area contributed by atoms with Crippen LogP contribution in [0, 0.1) is 5.92 Å². The highest BCUT2D eigenvalue weighted by atomic mass is 16.5. The summed E-state index contributed by atoms with van der Waals surface area (Å²) in [5, 5.41) is 10.9. The number of nitrogens with zero attached hydrogens (tertiary/aromatic N) is 4. The van der Waals surface area contributed by atoms with Gasteiger partial charge in [-0.15, -0.1) is 5.10 Å². The van der Waals surface area contributed by atoms with Crippen LogP contribution in [0.2, 0.25) is 0 Å². The zero-order valence-electron chi connectivity index (χ0n) is 8.98. The fraction of sp³-hybridized carbons (Fsp3) is 0.273. The van der Waals surface area contributed by atoms with E-state index in [-0.39, 0.29) is 11.9 Å². The van der Waals surface area contributed by atoms with Gasteiger partial charge in [0.25, 0.3) is 0 Å². The molecule has 0 unspecified atom stereocenters. The van der Waals surface area contributed by atoms with Crippen molar-refractivity contribution in [2.24, 2.45) is 5.92 Å². The van der Waals surface area contributed by atoms with Crippen LogP contribution in [0.25, 0.3) is 5.69 Å². The first kappa shape index (κ1) is 9.95. The summed E-state index contributed by atoms with van der Waals surface area (Å²) < 4.78 is 6.76. The minimum atomic E-state index is -0.154. The predicted molar refractivity (Wildman–Crippen MR) is 57.5 cm³/mol. The third-order valence-corrected chi connectivity index (χ3v) is 2.56. The minimum Gasteiger partial charge on any atom is -0.426 e. The molecule has 86 valence electrons. The van der Waals surface area contributed by atoms with Crippen molar-refractivity contribution < 1.29 is 9.53 Å². The van der Waals surface area contributed by atoms with Gasteiger partial charge in [-0.2, -0.15) is 0 Å². The summed E-state index contributed by atoms with van der Waals surface area (Å²) in [6, 6.07) is 7.11. The molecule has 0 bridgehead atoms. The average molecular weight is 230 g/mol. The number of tetrazole rings is 1. The molecule has 0 spiro atoms. The first-order valence-electron chi connectivity index (χ1n) is 5.38. The van der Waals surface area contributed by atoms with Crippen LogP contribution in [-0.2, 0) is 4.79 Å². The van der Waals surface area contributed by atoms with E-state index in [1.54, 1.807) is 18.2 Å². The second kappa shape index (κ2) is 3.97. The fourth-order valence-electron chi connectivity index (χ4n) is 1.49. The van der Waals surface area contributed by atoms with Crippen LogP contribution >= 0.6 is 0 Å². The Morgan fingerprint density at radius 1 is 1.41 bits per heavy atom. The van der Waals surface area contributed by atoms with Gasteiger partial charge in [-0.3, -0.25) is 4.79 Å². The van der Waals surface area contributed by atoms with Gasteiger partial charge in [0.2, 0.25) is 0 Å². The minimum absolute atomic E-state index is 0.0895. The van der Waals surface area contributed by atoms with Crippen LogP contribution in [0.15, 0.2) is 30.6 Å². The summed E-state index contributed by atoms with van der Waals surface area (Å²) >= 11 is 0. The van der Waals surface area contributed by atoms with E-state index in [2.05, 4.69) is 15.5 Å². The second-order valence-corrected chi connectivity index (χ2v) is 3.95. The molecule has 1 aliphatic rings. The zero-order valence-corrected chi connectivity index (χ0v) is 8.98. The lowest BCUT2D eigenvalue weighted by molar-refractivity contribution is -0.135. The Labute approximate surface area is 97.2 Å². The molecule has 6 nitrogen and oxygen atoms in total. The van der Waals surface area contributed by atoms with Crippen LogP contribution in [0.3, 0.4) is 0 Å². The number of ether oxygens (including phenoxy) is 1. The molecule has 6 heteroatoms. The summed E-state index contributed by atoms with van der Waals surface area (Å²) in [5.74, 6) is 0.459. The summed E-state index contributed by atoms with van der Waals surface area (Å²) in [6.45, 7) is 0. The summed E-state index contributed by atoms with van der Waals surface area (Å²) in [4.78, 5) is 11.5. The molecule has 0 N–H and O–H groups in total. The Balaban J connectivity index is 1.81. The Morgan fingerprint density at radius 2 is 2.29 bits per heavy atom. The molecule has 0 atom stereocenters. The molecule has 0 aliphatic heterocycles. The van der Waals surface area contributed by atoms with Crippen molar-refractivity contribution in [1.29, 1.82) is 0 Å². The molecule has 0 saturated heterocycles. The Morgan fingerprint density at radius 3 is 3.00 bits per heavy atom. The van der Waals surface area contributed by atoms with Gasteiger partial charge in [-0.05, 0) is 35.4 Å².